The Morgan fingerprint density at radius 3 is 2.20 bits per heavy atom. The van der Waals surface area contributed by atoms with Gasteiger partial charge in [-0.15, -0.1) is 0 Å². The molecule has 20 heavy (non-hydrogen) atoms. The highest BCUT2D eigenvalue weighted by Gasteiger charge is 2.17. The van der Waals surface area contributed by atoms with Crippen LogP contribution in [0.15, 0.2) is 45.6 Å². The average Bonchev–Trinajstić information content (AvgIpc) is 3.11. The number of carbonyl (C=O) groups is 1. The summed E-state index contributed by atoms with van der Waals surface area (Å²) in [5.74, 6) is 1.29. The van der Waals surface area contributed by atoms with Crippen molar-refractivity contribution in [1.29, 1.82) is 0 Å². The van der Waals surface area contributed by atoms with Crippen molar-refractivity contribution in [1.82, 2.24) is 4.90 Å². The Morgan fingerprint density at radius 1 is 1.15 bits per heavy atom. The van der Waals surface area contributed by atoms with Gasteiger partial charge >= 0.3 is 0 Å². The van der Waals surface area contributed by atoms with Crippen LogP contribution in [0.5, 0.6) is 0 Å². The first-order valence-electron chi connectivity index (χ1n) is 6.40. The smallest absolute Gasteiger partial charge is 0.249 e. The van der Waals surface area contributed by atoms with E-state index in [-0.39, 0.29) is 12.5 Å². The second-order valence-corrected chi connectivity index (χ2v) is 4.25. The summed E-state index contributed by atoms with van der Waals surface area (Å²) in [6, 6.07) is 7.22. The molecule has 1 amide bonds. The molecule has 0 unspecified atom stereocenters. The van der Waals surface area contributed by atoms with Crippen molar-refractivity contribution in [3.63, 3.8) is 0 Å². The van der Waals surface area contributed by atoms with Crippen LogP contribution in [0, 0.1) is 0 Å². The third kappa shape index (κ3) is 4.25. The molecule has 0 atom stereocenters. The van der Waals surface area contributed by atoms with Crippen molar-refractivity contribution in [2.24, 2.45) is 5.73 Å². The Labute approximate surface area is 117 Å². The molecule has 2 heterocycles. The summed E-state index contributed by atoms with van der Waals surface area (Å²) < 4.78 is 15.7. The van der Waals surface area contributed by atoms with Crippen LogP contribution in [0.4, 0.5) is 0 Å². The van der Waals surface area contributed by atoms with E-state index >= 15 is 0 Å². The van der Waals surface area contributed by atoms with Crippen LogP contribution in [-0.2, 0) is 22.6 Å². The molecule has 6 nitrogen and oxygen atoms in total. The van der Waals surface area contributed by atoms with Crippen LogP contribution in [0.3, 0.4) is 0 Å². The molecule has 0 aromatic carbocycles. The van der Waals surface area contributed by atoms with Crippen LogP contribution in [0.1, 0.15) is 11.5 Å². The highest BCUT2D eigenvalue weighted by molar-refractivity contribution is 5.77. The van der Waals surface area contributed by atoms with Crippen molar-refractivity contribution in [2.45, 2.75) is 13.1 Å². The minimum Gasteiger partial charge on any atom is -0.467 e. The van der Waals surface area contributed by atoms with E-state index in [0.29, 0.717) is 37.8 Å². The van der Waals surface area contributed by atoms with E-state index in [0.717, 1.165) is 0 Å². The SMILES string of the molecule is NCCOCC(=O)N(Cc1ccco1)Cc1ccco1. The first kappa shape index (κ1) is 14.4. The van der Waals surface area contributed by atoms with E-state index in [1.54, 1.807) is 29.6 Å². The Kier molecular flexibility index (Phi) is 5.40. The largest absolute Gasteiger partial charge is 0.467 e. The van der Waals surface area contributed by atoms with E-state index in [4.69, 9.17) is 19.3 Å². The molecule has 0 bridgehead atoms. The summed E-state index contributed by atoms with van der Waals surface area (Å²) in [5, 5.41) is 0. The molecule has 0 aliphatic carbocycles. The fourth-order valence-corrected chi connectivity index (χ4v) is 1.75. The number of furan rings is 2. The van der Waals surface area contributed by atoms with Crippen LogP contribution >= 0.6 is 0 Å². The van der Waals surface area contributed by atoms with Crippen molar-refractivity contribution in [3.05, 3.63) is 48.3 Å². The number of nitrogens with two attached hydrogens (primary N) is 1. The van der Waals surface area contributed by atoms with Gasteiger partial charge in [0.15, 0.2) is 0 Å². The molecule has 2 aromatic rings. The summed E-state index contributed by atoms with van der Waals surface area (Å²) >= 11 is 0. The van der Waals surface area contributed by atoms with Gasteiger partial charge in [-0.05, 0) is 24.3 Å². The molecule has 2 N–H and O–H groups in total. The monoisotopic (exact) mass is 278 g/mol. The highest BCUT2D eigenvalue weighted by atomic mass is 16.5. The number of rotatable bonds is 8. The lowest BCUT2D eigenvalue weighted by Crippen LogP contribution is -2.33. The third-order valence-electron chi connectivity index (χ3n) is 2.69. The highest BCUT2D eigenvalue weighted by Crippen LogP contribution is 2.11. The lowest BCUT2D eigenvalue weighted by molar-refractivity contribution is -0.137. The minimum atomic E-state index is -0.133. The second kappa shape index (κ2) is 7.52. The summed E-state index contributed by atoms with van der Waals surface area (Å²) in [4.78, 5) is 13.8. The van der Waals surface area contributed by atoms with E-state index < -0.39 is 0 Å². The Hall–Kier alpha value is -2.05. The standard InChI is InChI=1S/C14H18N2O4/c15-5-8-18-11-14(17)16(9-12-3-1-6-19-12)10-13-4-2-7-20-13/h1-4,6-7H,5,8-11,15H2. The molecule has 0 radical (unpaired) electrons. The number of ether oxygens (including phenoxy) is 1. The van der Waals surface area contributed by atoms with Crippen molar-refractivity contribution >= 4 is 5.91 Å². The first-order chi connectivity index (χ1) is 9.79. The predicted octanol–water partition coefficient (Wildman–Crippen LogP) is 1.38. The molecule has 2 aromatic heterocycles. The van der Waals surface area contributed by atoms with Gasteiger partial charge in [-0.25, -0.2) is 0 Å². The van der Waals surface area contributed by atoms with Gasteiger partial charge in [-0.3, -0.25) is 4.79 Å². The van der Waals surface area contributed by atoms with Crippen LogP contribution in [0.2, 0.25) is 0 Å². The van der Waals surface area contributed by atoms with Gasteiger partial charge in [0.05, 0.1) is 32.2 Å². The third-order valence-corrected chi connectivity index (χ3v) is 2.69. The lowest BCUT2D eigenvalue weighted by atomic mass is 10.3. The van der Waals surface area contributed by atoms with Gasteiger partial charge in [0, 0.05) is 6.54 Å². The maximum atomic E-state index is 12.1. The Balaban J connectivity index is 1.97. The zero-order valence-electron chi connectivity index (χ0n) is 11.2. The molecular weight excluding hydrogens is 260 g/mol. The number of carbonyl (C=O) groups excluding carboxylic acids is 1. The lowest BCUT2D eigenvalue weighted by Gasteiger charge is -2.20. The van der Waals surface area contributed by atoms with E-state index in [2.05, 4.69) is 0 Å². The summed E-state index contributed by atoms with van der Waals surface area (Å²) in [5.41, 5.74) is 5.33. The Morgan fingerprint density at radius 2 is 1.75 bits per heavy atom. The zero-order valence-corrected chi connectivity index (χ0v) is 11.2. The quantitative estimate of drug-likeness (QED) is 0.738. The molecule has 2 rings (SSSR count). The number of nitrogens with zero attached hydrogens (tertiary/aromatic N) is 1. The van der Waals surface area contributed by atoms with Crippen LogP contribution in [0.25, 0.3) is 0 Å². The summed E-state index contributed by atoms with van der Waals surface area (Å²) in [6.07, 6.45) is 3.16. The summed E-state index contributed by atoms with van der Waals surface area (Å²) in [6.45, 7) is 1.50. The molecule has 0 spiro atoms. The van der Waals surface area contributed by atoms with Crippen molar-refractivity contribution < 1.29 is 18.4 Å². The zero-order chi connectivity index (χ0) is 14.2. The molecule has 0 saturated carbocycles. The topological polar surface area (TPSA) is 81.8 Å². The number of amides is 1. The molecule has 0 saturated heterocycles. The van der Waals surface area contributed by atoms with E-state index in [9.17, 15) is 4.79 Å². The van der Waals surface area contributed by atoms with Gasteiger partial charge in [0.2, 0.25) is 5.91 Å². The molecule has 0 aliphatic rings. The van der Waals surface area contributed by atoms with Crippen molar-refractivity contribution in [2.75, 3.05) is 19.8 Å². The van der Waals surface area contributed by atoms with Gasteiger partial charge < -0.3 is 24.2 Å². The average molecular weight is 278 g/mol. The van der Waals surface area contributed by atoms with Gasteiger partial charge in [0.1, 0.15) is 18.1 Å². The molecule has 0 fully saturated rings. The van der Waals surface area contributed by atoms with Crippen LogP contribution < -0.4 is 5.73 Å². The van der Waals surface area contributed by atoms with Gasteiger partial charge in [0.25, 0.3) is 0 Å². The molecule has 0 aliphatic heterocycles. The first-order valence-corrected chi connectivity index (χ1v) is 6.40. The predicted molar refractivity (Wildman–Crippen MR) is 71.5 cm³/mol. The normalized spacial score (nSPS) is 10.7. The summed E-state index contributed by atoms with van der Waals surface area (Å²) in [7, 11) is 0. The fraction of sp³-hybridized carbons (Fsp3) is 0.357. The number of hydrogen-bond acceptors (Lipinski definition) is 5. The maximum Gasteiger partial charge on any atom is 0.249 e. The second-order valence-electron chi connectivity index (χ2n) is 4.25. The van der Waals surface area contributed by atoms with Gasteiger partial charge in [-0.2, -0.15) is 0 Å². The molecule has 6 heteroatoms. The van der Waals surface area contributed by atoms with Gasteiger partial charge in [-0.1, -0.05) is 0 Å². The maximum absolute atomic E-state index is 12.1. The van der Waals surface area contributed by atoms with E-state index in [1.807, 2.05) is 12.1 Å². The van der Waals surface area contributed by atoms with E-state index in [1.165, 1.54) is 0 Å². The molecular formula is C14H18N2O4. The van der Waals surface area contributed by atoms with Crippen molar-refractivity contribution in [3.8, 4) is 0 Å². The minimum absolute atomic E-state index is 0.00137. The Bertz CT molecular complexity index is 457. The fourth-order valence-electron chi connectivity index (χ4n) is 1.75. The molecule has 108 valence electrons. The number of hydrogen-bond donors (Lipinski definition) is 1. The van der Waals surface area contributed by atoms with Crippen LogP contribution in [-0.4, -0.2) is 30.6 Å².